The summed E-state index contributed by atoms with van der Waals surface area (Å²) in [6, 6.07) is 8.57. The SMILES string of the molecule is CCCCCCC(O)c1cccc(C2CC2)c1. The van der Waals surface area contributed by atoms with Crippen molar-refractivity contribution in [2.24, 2.45) is 0 Å². The van der Waals surface area contributed by atoms with Gasteiger partial charge in [0.05, 0.1) is 6.10 Å². The van der Waals surface area contributed by atoms with Gasteiger partial charge in [-0.05, 0) is 36.3 Å². The van der Waals surface area contributed by atoms with Crippen molar-refractivity contribution in [3.63, 3.8) is 0 Å². The molecule has 1 aliphatic carbocycles. The van der Waals surface area contributed by atoms with Crippen molar-refractivity contribution in [2.75, 3.05) is 0 Å². The molecule has 1 fully saturated rings. The van der Waals surface area contributed by atoms with Gasteiger partial charge in [-0.1, -0.05) is 56.9 Å². The summed E-state index contributed by atoms with van der Waals surface area (Å²) in [5, 5.41) is 10.1. The van der Waals surface area contributed by atoms with Crippen molar-refractivity contribution in [3.8, 4) is 0 Å². The van der Waals surface area contributed by atoms with Crippen LogP contribution < -0.4 is 0 Å². The minimum atomic E-state index is -0.259. The highest BCUT2D eigenvalue weighted by molar-refractivity contribution is 5.30. The minimum Gasteiger partial charge on any atom is -0.388 e. The van der Waals surface area contributed by atoms with Gasteiger partial charge >= 0.3 is 0 Å². The molecule has 0 amide bonds. The lowest BCUT2D eigenvalue weighted by molar-refractivity contribution is 0.163. The van der Waals surface area contributed by atoms with E-state index in [1.165, 1.54) is 37.7 Å². The van der Waals surface area contributed by atoms with Gasteiger partial charge < -0.3 is 5.11 Å². The third-order valence-electron chi connectivity index (χ3n) is 3.68. The lowest BCUT2D eigenvalue weighted by Gasteiger charge is -2.12. The smallest absolute Gasteiger partial charge is 0.0790 e. The summed E-state index contributed by atoms with van der Waals surface area (Å²) in [4.78, 5) is 0. The van der Waals surface area contributed by atoms with Crippen molar-refractivity contribution >= 4 is 0 Å². The van der Waals surface area contributed by atoms with Crippen LogP contribution in [0.1, 0.15) is 75.0 Å². The van der Waals surface area contributed by atoms with Crippen molar-refractivity contribution in [1.82, 2.24) is 0 Å². The van der Waals surface area contributed by atoms with E-state index in [0.29, 0.717) is 0 Å². The maximum atomic E-state index is 10.1. The van der Waals surface area contributed by atoms with Gasteiger partial charge in [-0.15, -0.1) is 0 Å². The van der Waals surface area contributed by atoms with Crippen LogP contribution in [-0.4, -0.2) is 5.11 Å². The quantitative estimate of drug-likeness (QED) is 0.683. The zero-order valence-electron chi connectivity index (χ0n) is 10.9. The molecule has 0 aliphatic heterocycles. The Morgan fingerprint density at radius 3 is 2.76 bits per heavy atom. The van der Waals surface area contributed by atoms with E-state index in [2.05, 4.69) is 31.2 Å². The molecule has 1 heteroatoms. The van der Waals surface area contributed by atoms with Crippen LogP contribution >= 0.6 is 0 Å². The number of hydrogen-bond donors (Lipinski definition) is 1. The number of unbranched alkanes of at least 4 members (excludes halogenated alkanes) is 3. The van der Waals surface area contributed by atoms with Crippen LogP contribution in [-0.2, 0) is 0 Å². The molecule has 0 heterocycles. The molecule has 1 saturated carbocycles. The van der Waals surface area contributed by atoms with E-state index >= 15 is 0 Å². The summed E-state index contributed by atoms with van der Waals surface area (Å²) < 4.78 is 0. The molecular formula is C16H24O. The third-order valence-corrected chi connectivity index (χ3v) is 3.68. The average Bonchev–Trinajstić information content (AvgIpc) is 3.19. The summed E-state index contributed by atoms with van der Waals surface area (Å²) in [5.74, 6) is 0.780. The Morgan fingerprint density at radius 2 is 2.06 bits per heavy atom. The first kappa shape index (κ1) is 12.6. The van der Waals surface area contributed by atoms with Crippen LogP contribution in [0.4, 0.5) is 0 Å². The Bertz CT molecular complexity index is 341. The second-order valence-corrected chi connectivity index (χ2v) is 5.31. The van der Waals surface area contributed by atoms with Gasteiger partial charge in [-0.25, -0.2) is 0 Å². The summed E-state index contributed by atoms with van der Waals surface area (Å²) in [6.45, 7) is 2.22. The Hall–Kier alpha value is -0.820. The summed E-state index contributed by atoms with van der Waals surface area (Å²) in [5.41, 5.74) is 2.54. The van der Waals surface area contributed by atoms with E-state index < -0.39 is 0 Å². The first-order valence-corrected chi connectivity index (χ1v) is 7.09. The van der Waals surface area contributed by atoms with Gasteiger partial charge in [0, 0.05) is 0 Å². The van der Waals surface area contributed by atoms with Crippen molar-refractivity contribution < 1.29 is 5.11 Å². The van der Waals surface area contributed by atoms with E-state index in [0.717, 1.165) is 24.3 Å². The molecular weight excluding hydrogens is 208 g/mol. The van der Waals surface area contributed by atoms with Gasteiger partial charge in [-0.3, -0.25) is 0 Å². The number of aliphatic hydroxyl groups is 1. The van der Waals surface area contributed by atoms with Gasteiger partial charge in [0.2, 0.25) is 0 Å². The first-order chi connectivity index (χ1) is 8.31. The summed E-state index contributed by atoms with van der Waals surface area (Å²) >= 11 is 0. The van der Waals surface area contributed by atoms with E-state index in [1.807, 2.05) is 0 Å². The molecule has 0 saturated heterocycles. The fraction of sp³-hybridized carbons (Fsp3) is 0.625. The molecule has 0 bridgehead atoms. The highest BCUT2D eigenvalue weighted by Gasteiger charge is 2.23. The molecule has 1 aromatic carbocycles. The Morgan fingerprint density at radius 1 is 1.24 bits per heavy atom. The second-order valence-electron chi connectivity index (χ2n) is 5.31. The summed E-state index contributed by atoms with van der Waals surface area (Å²) in [7, 11) is 0. The molecule has 0 aromatic heterocycles. The van der Waals surface area contributed by atoms with Gasteiger partial charge in [-0.2, -0.15) is 0 Å². The van der Waals surface area contributed by atoms with Crippen LogP contribution in [0, 0.1) is 0 Å². The van der Waals surface area contributed by atoms with E-state index in [1.54, 1.807) is 0 Å². The average molecular weight is 232 g/mol. The predicted molar refractivity (Wildman–Crippen MR) is 72.1 cm³/mol. The molecule has 2 rings (SSSR count). The zero-order chi connectivity index (χ0) is 12.1. The van der Waals surface area contributed by atoms with Gasteiger partial charge in [0.25, 0.3) is 0 Å². The molecule has 0 spiro atoms. The fourth-order valence-corrected chi connectivity index (χ4v) is 2.37. The van der Waals surface area contributed by atoms with Crippen LogP contribution in [0.25, 0.3) is 0 Å². The Labute approximate surface area is 105 Å². The van der Waals surface area contributed by atoms with E-state index in [-0.39, 0.29) is 6.10 Å². The van der Waals surface area contributed by atoms with Crippen LogP contribution in [0.15, 0.2) is 24.3 Å². The van der Waals surface area contributed by atoms with Gasteiger partial charge in [0.1, 0.15) is 0 Å². The largest absolute Gasteiger partial charge is 0.388 e. The highest BCUT2D eigenvalue weighted by Crippen LogP contribution is 2.40. The second kappa shape index (κ2) is 6.20. The van der Waals surface area contributed by atoms with Crippen molar-refractivity contribution in [2.45, 2.75) is 63.9 Å². The highest BCUT2D eigenvalue weighted by atomic mass is 16.3. The van der Waals surface area contributed by atoms with Gasteiger partial charge in [0.15, 0.2) is 0 Å². The number of hydrogen-bond acceptors (Lipinski definition) is 1. The molecule has 1 N–H and O–H groups in total. The third kappa shape index (κ3) is 3.85. The summed E-state index contributed by atoms with van der Waals surface area (Å²) in [6.07, 6.45) is 8.24. The fourth-order valence-electron chi connectivity index (χ4n) is 2.37. The number of aliphatic hydroxyl groups excluding tert-OH is 1. The normalized spacial score (nSPS) is 17.1. The van der Waals surface area contributed by atoms with Crippen LogP contribution in [0.2, 0.25) is 0 Å². The predicted octanol–water partition coefficient (Wildman–Crippen LogP) is 4.57. The van der Waals surface area contributed by atoms with E-state index in [4.69, 9.17) is 0 Å². The molecule has 94 valence electrons. The topological polar surface area (TPSA) is 20.2 Å². The Kier molecular flexibility index (Phi) is 4.61. The molecule has 1 atom stereocenters. The minimum absolute atomic E-state index is 0.259. The van der Waals surface area contributed by atoms with Crippen molar-refractivity contribution in [1.29, 1.82) is 0 Å². The monoisotopic (exact) mass is 232 g/mol. The molecule has 1 aliphatic rings. The van der Waals surface area contributed by atoms with Crippen LogP contribution in [0.3, 0.4) is 0 Å². The number of rotatable bonds is 7. The molecule has 1 unspecified atom stereocenters. The molecule has 0 radical (unpaired) electrons. The lowest BCUT2D eigenvalue weighted by atomic mass is 9.99. The zero-order valence-corrected chi connectivity index (χ0v) is 10.9. The maximum Gasteiger partial charge on any atom is 0.0790 e. The number of benzene rings is 1. The standard InChI is InChI=1S/C16H24O/c1-2-3-4-5-9-16(17)15-8-6-7-14(12-15)13-10-11-13/h6-8,12-13,16-17H,2-5,9-11H2,1H3. The molecule has 1 nitrogen and oxygen atoms in total. The van der Waals surface area contributed by atoms with Crippen LogP contribution in [0.5, 0.6) is 0 Å². The van der Waals surface area contributed by atoms with Crippen molar-refractivity contribution in [3.05, 3.63) is 35.4 Å². The first-order valence-electron chi connectivity index (χ1n) is 7.09. The van der Waals surface area contributed by atoms with E-state index in [9.17, 15) is 5.11 Å². The Balaban J connectivity index is 1.84. The lowest BCUT2D eigenvalue weighted by Crippen LogP contribution is -1.98. The molecule has 17 heavy (non-hydrogen) atoms. The maximum absolute atomic E-state index is 10.1. The molecule has 1 aromatic rings.